The zero-order chi connectivity index (χ0) is 33.6. The molecule has 3 unspecified atom stereocenters. The number of hydrogen-bond acceptors (Lipinski definition) is 8. The number of carboxylic acid groups (broad SMARTS) is 1. The number of hydrogen-bond donors (Lipinski definition) is 1. The van der Waals surface area contributed by atoms with E-state index >= 15 is 0 Å². The maximum absolute atomic E-state index is 14.8. The van der Waals surface area contributed by atoms with Gasteiger partial charge in [-0.2, -0.15) is 0 Å². The largest absolute Gasteiger partial charge is 0.477 e. The second-order valence-electron chi connectivity index (χ2n) is 12.6. The monoisotopic (exact) mass is 657 g/mol. The standard InChI is InChI=1S/C31H39N3O9SSi/c1-8-32(9-2)28(35)22-12-10-11-13-23(22)44(41,42)27-25(30(37)38)33-26(24(29(33)36)19(3)43-45(5,6)7)31(27,4)18-20-14-16-21(17-15-20)34(39)40/h10-17,19,24,26H,8-9,18H2,1-7H3,(H,37,38)/t19?,24?,26-,31?/m0/s1. The van der Waals surface area contributed by atoms with Crippen molar-refractivity contribution in [2.75, 3.05) is 13.1 Å². The van der Waals surface area contributed by atoms with Crippen LogP contribution in [0.3, 0.4) is 0 Å². The van der Waals surface area contributed by atoms with Gasteiger partial charge in [0.2, 0.25) is 15.7 Å². The van der Waals surface area contributed by atoms with Crippen molar-refractivity contribution >= 4 is 41.6 Å². The number of rotatable bonds is 12. The molecule has 0 bridgehead atoms. The number of benzene rings is 2. The number of carboxylic acids is 1. The predicted octanol–water partition coefficient (Wildman–Crippen LogP) is 4.48. The van der Waals surface area contributed by atoms with Crippen molar-refractivity contribution in [2.24, 2.45) is 11.3 Å². The van der Waals surface area contributed by atoms with Crippen molar-refractivity contribution in [1.29, 1.82) is 0 Å². The average Bonchev–Trinajstić information content (AvgIpc) is 3.18. The average molecular weight is 658 g/mol. The fraction of sp³-hybridized carbons (Fsp3) is 0.452. The van der Waals surface area contributed by atoms with Crippen molar-refractivity contribution < 1.29 is 37.3 Å². The van der Waals surface area contributed by atoms with E-state index in [1.165, 1.54) is 53.4 Å². The lowest BCUT2D eigenvalue weighted by molar-refractivity contribution is -0.384. The third-order valence-electron chi connectivity index (χ3n) is 8.46. The highest BCUT2D eigenvalue weighted by molar-refractivity contribution is 7.95. The maximum Gasteiger partial charge on any atom is 0.353 e. The van der Waals surface area contributed by atoms with Gasteiger partial charge in [0.05, 0.1) is 38.4 Å². The second-order valence-corrected chi connectivity index (χ2v) is 18.9. The first-order valence-electron chi connectivity index (χ1n) is 14.8. The van der Waals surface area contributed by atoms with Crippen LogP contribution >= 0.6 is 0 Å². The van der Waals surface area contributed by atoms with E-state index in [1.54, 1.807) is 27.7 Å². The van der Waals surface area contributed by atoms with Gasteiger partial charge in [0.15, 0.2) is 8.32 Å². The highest BCUT2D eigenvalue weighted by Crippen LogP contribution is 2.58. The van der Waals surface area contributed by atoms with Gasteiger partial charge in [-0.05, 0) is 64.5 Å². The number of fused-ring (bicyclic) bond motifs is 1. The summed E-state index contributed by atoms with van der Waals surface area (Å²) in [5.41, 5.74) is -1.93. The van der Waals surface area contributed by atoms with Crippen molar-refractivity contribution in [2.45, 2.75) is 70.8 Å². The van der Waals surface area contributed by atoms with Crippen LogP contribution in [0.5, 0.6) is 0 Å². The number of β-lactam (4-membered cyclic amide) rings is 1. The molecular formula is C31H39N3O9SSi. The molecule has 0 radical (unpaired) electrons. The van der Waals surface area contributed by atoms with Gasteiger partial charge in [-0.25, -0.2) is 13.2 Å². The lowest BCUT2D eigenvalue weighted by Crippen LogP contribution is -2.67. The molecule has 2 aromatic rings. The minimum absolute atomic E-state index is 0.0624. The van der Waals surface area contributed by atoms with Crippen molar-refractivity contribution in [3.63, 3.8) is 0 Å². The summed E-state index contributed by atoms with van der Waals surface area (Å²) in [5.74, 6) is -3.53. The zero-order valence-corrected chi connectivity index (χ0v) is 28.3. The smallest absolute Gasteiger partial charge is 0.353 e. The number of non-ortho nitro benzene ring substituents is 1. The summed E-state index contributed by atoms with van der Waals surface area (Å²) in [6.07, 6.45) is -0.706. The van der Waals surface area contributed by atoms with Gasteiger partial charge in [-0.1, -0.05) is 31.2 Å². The molecule has 0 aromatic heterocycles. The van der Waals surface area contributed by atoms with Crippen molar-refractivity contribution in [1.82, 2.24) is 9.80 Å². The number of carbonyl (C=O) groups is 3. The van der Waals surface area contributed by atoms with E-state index in [9.17, 15) is 38.0 Å². The van der Waals surface area contributed by atoms with Crippen LogP contribution in [0.4, 0.5) is 5.69 Å². The number of nitrogens with zero attached hydrogens (tertiary/aromatic N) is 3. The Kier molecular flexibility index (Phi) is 9.17. The van der Waals surface area contributed by atoms with E-state index in [0.29, 0.717) is 18.7 Å². The molecule has 12 nitrogen and oxygen atoms in total. The first-order valence-corrected chi connectivity index (χ1v) is 19.7. The van der Waals surface area contributed by atoms with E-state index in [4.69, 9.17) is 4.43 Å². The Hall–Kier alpha value is -3.88. The minimum atomic E-state index is -4.72. The summed E-state index contributed by atoms with van der Waals surface area (Å²) < 4.78 is 35.9. The molecule has 0 spiro atoms. The fourth-order valence-electron chi connectivity index (χ4n) is 6.69. The highest BCUT2D eigenvalue weighted by Gasteiger charge is 2.68. The maximum atomic E-state index is 14.8. The predicted molar refractivity (Wildman–Crippen MR) is 168 cm³/mol. The summed E-state index contributed by atoms with van der Waals surface area (Å²) in [5, 5.41) is 21.8. The number of sulfone groups is 1. The van der Waals surface area contributed by atoms with E-state index in [1.807, 2.05) is 19.6 Å². The fourth-order valence-corrected chi connectivity index (χ4v) is 10.1. The van der Waals surface area contributed by atoms with Gasteiger partial charge in [0, 0.05) is 30.6 Å². The van der Waals surface area contributed by atoms with Gasteiger partial charge in [-0.3, -0.25) is 24.6 Å². The Labute approximate surface area is 263 Å². The Morgan fingerprint density at radius 3 is 2.20 bits per heavy atom. The molecule has 242 valence electrons. The zero-order valence-electron chi connectivity index (χ0n) is 26.4. The van der Waals surface area contributed by atoms with E-state index in [-0.39, 0.29) is 22.6 Å². The van der Waals surface area contributed by atoms with E-state index in [0.717, 1.165) is 4.90 Å². The third-order valence-corrected chi connectivity index (χ3v) is 11.7. The Morgan fingerprint density at radius 2 is 1.69 bits per heavy atom. The number of nitro groups is 1. The van der Waals surface area contributed by atoms with E-state index in [2.05, 4.69) is 0 Å². The van der Waals surface area contributed by atoms with Crippen LogP contribution in [0, 0.1) is 21.4 Å². The van der Waals surface area contributed by atoms with E-state index < -0.39 is 74.9 Å². The Balaban J connectivity index is 1.97. The molecule has 1 fully saturated rings. The molecule has 0 aliphatic carbocycles. The van der Waals surface area contributed by atoms with Gasteiger partial charge < -0.3 is 14.4 Å². The molecule has 1 saturated heterocycles. The number of nitro benzene ring substituents is 1. The van der Waals surface area contributed by atoms with Crippen LogP contribution in [0.1, 0.15) is 43.6 Å². The number of carbonyl (C=O) groups excluding carboxylic acids is 2. The highest BCUT2D eigenvalue weighted by atomic mass is 32.2. The Morgan fingerprint density at radius 1 is 1.11 bits per heavy atom. The second kappa shape index (κ2) is 12.1. The van der Waals surface area contributed by atoms with Crippen LogP contribution in [0.25, 0.3) is 0 Å². The van der Waals surface area contributed by atoms with Gasteiger partial charge in [-0.15, -0.1) is 0 Å². The summed E-state index contributed by atoms with van der Waals surface area (Å²) in [4.78, 5) is 52.6. The molecule has 2 heterocycles. The molecule has 45 heavy (non-hydrogen) atoms. The normalized spacial score (nSPS) is 22.1. The first-order chi connectivity index (χ1) is 20.9. The van der Waals surface area contributed by atoms with Gasteiger partial charge in [0.1, 0.15) is 5.70 Å². The van der Waals surface area contributed by atoms with Crippen molar-refractivity contribution in [3.8, 4) is 0 Å². The van der Waals surface area contributed by atoms with Crippen LogP contribution in [-0.4, -0.2) is 79.6 Å². The van der Waals surface area contributed by atoms with Crippen LogP contribution in [0.15, 0.2) is 64.0 Å². The van der Waals surface area contributed by atoms with Crippen LogP contribution in [-0.2, 0) is 30.3 Å². The van der Waals surface area contributed by atoms with Gasteiger partial charge in [0.25, 0.3) is 11.6 Å². The molecule has 14 heteroatoms. The summed E-state index contributed by atoms with van der Waals surface area (Å²) in [7, 11) is -6.91. The molecule has 0 saturated carbocycles. The lowest BCUT2D eigenvalue weighted by atomic mass is 9.67. The minimum Gasteiger partial charge on any atom is -0.477 e. The third kappa shape index (κ3) is 5.93. The van der Waals surface area contributed by atoms with Crippen molar-refractivity contribution in [3.05, 3.63) is 80.4 Å². The molecular weight excluding hydrogens is 619 g/mol. The first kappa shape index (κ1) is 34.0. The molecule has 1 N–H and O–H groups in total. The lowest BCUT2D eigenvalue weighted by Gasteiger charge is -2.52. The molecule has 2 aliphatic heterocycles. The summed E-state index contributed by atoms with van der Waals surface area (Å²) in [6, 6.07) is 10.3. The SMILES string of the molecule is CCN(CC)C(=O)c1ccccc1S(=O)(=O)C1=C(C(=O)O)N2C(=O)C(C(C)O[Si](C)(C)C)[C@H]2C1(C)Cc1ccc([N+](=O)[O-])cc1. The summed E-state index contributed by atoms with van der Waals surface area (Å²) >= 11 is 0. The van der Waals surface area contributed by atoms with Gasteiger partial charge >= 0.3 is 5.97 Å². The molecule has 2 amide bonds. The van der Waals surface area contributed by atoms with Crippen LogP contribution < -0.4 is 0 Å². The summed E-state index contributed by atoms with van der Waals surface area (Å²) in [6.45, 7) is 13.4. The quantitative estimate of drug-likeness (QED) is 0.150. The topological polar surface area (TPSA) is 164 Å². The molecule has 2 aliphatic rings. The number of amides is 2. The van der Waals surface area contributed by atoms with Crippen LogP contribution in [0.2, 0.25) is 19.6 Å². The number of aliphatic carboxylic acids is 1. The molecule has 2 aromatic carbocycles. The molecule has 4 atom stereocenters. The molecule has 4 rings (SSSR count). The Bertz CT molecular complexity index is 1680.